The highest BCUT2D eigenvalue weighted by molar-refractivity contribution is 9.10. The Bertz CT molecular complexity index is 560. The highest BCUT2D eigenvalue weighted by Gasteiger charge is 2.14. The van der Waals surface area contributed by atoms with Gasteiger partial charge in [0.2, 0.25) is 0 Å². The first-order valence-corrected chi connectivity index (χ1v) is 7.10. The molecule has 1 atom stereocenters. The Morgan fingerprint density at radius 1 is 1.32 bits per heavy atom. The van der Waals surface area contributed by atoms with Crippen LogP contribution in [0.25, 0.3) is 0 Å². The Morgan fingerprint density at radius 3 is 2.68 bits per heavy atom. The smallest absolute Gasteiger partial charge is 0.127 e. The van der Waals surface area contributed by atoms with Crippen LogP contribution >= 0.6 is 27.5 Å². The van der Waals surface area contributed by atoms with Crippen molar-refractivity contribution >= 4 is 27.5 Å². The van der Waals surface area contributed by atoms with Crippen molar-refractivity contribution in [3.8, 4) is 0 Å². The molecule has 0 bridgehead atoms. The molecule has 0 heterocycles. The fourth-order valence-electron chi connectivity index (χ4n) is 2.04. The number of hydrogen-bond donors (Lipinski definition) is 1. The third kappa shape index (κ3) is 3.56. The topological polar surface area (TPSA) is 26.0 Å². The minimum Gasteiger partial charge on any atom is -0.324 e. The molecule has 0 fully saturated rings. The predicted octanol–water partition coefficient (Wildman–Crippen LogP) is 4.79. The van der Waals surface area contributed by atoms with Gasteiger partial charge in [-0.05, 0) is 48.7 Å². The lowest BCUT2D eigenvalue weighted by Gasteiger charge is -2.15. The summed E-state index contributed by atoms with van der Waals surface area (Å²) in [5.41, 5.74) is 8.70. The number of rotatable bonds is 3. The molecule has 0 saturated carbocycles. The van der Waals surface area contributed by atoms with Gasteiger partial charge in [0.25, 0.3) is 0 Å². The van der Waals surface area contributed by atoms with Gasteiger partial charge in [0.15, 0.2) is 0 Å². The molecule has 4 heteroatoms. The lowest BCUT2D eigenvalue weighted by molar-refractivity contribution is 0.593. The van der Waals surface area contributed by atoms with Gasteiger partial charge in [-0.2, -0.15) is 0 Å². The molecule has 19 heavy (non-hydrogen) atoms. The van der Waals surface area contributed by atoms with E-state index in [1.54, 1.807) is 12.1 Å². The summed E-state index contributed by atoms with van der Waals surface area (Å²) in [6.45, 7) is 2.00. The first-order valence-electron chi connectivity index (χ1n) is 5.93. The van der Waals surface area contributed by atoms with Crippen molar-refractivity contribution in [2.24, 2.45) is 5.73 Å². The maximum absolute atomic E-state index is 13.7. The minimum atomic E-state index is -0.310. The third-order valence-electron chi connectivity index (χ3n) is 2.98. The SMILES string of the molecule is Cc1cc(Br)cc(C(N)Cc2c(F)cccc2Cl)c1. The van der Waals surface area contributed by atoms with E-state index in [-0.39, 0.29) is 11.9 Å². The Kier molecular flexibility index (Phi) is 4.61. The summed E-state index contributed by atoms with van der Waals surface area (Å²) in [6.07, 6.45) is 0.376. The first kappa shape index (κ1) is 14.5. The Morgan fingerprint density at radius 2 is 2.05 bits per heavy atom. The van der Waals surface area contributed by atoms with Crippen LogP contribution < -0.4 is 5.73 Å². The van der Waals surface area contributed by atoms with Crippen molar-refractivity contribution < 1.29 is 4.39 Å². The molecule has 1 unspecified atom stereocenters. The van der Waals surface area contributed by atoms with Gasteiger partial charge >= 0.3 is 0 Å². The molecule has 2 aromatic rings. The van der Waals surface area contributed by atoms with E-state index in [4.69, 9.17) is 17.3 Å². The number of hydrogen-bond acceptors (Lipinski definition) is 1. The summed E-state index contributed by atoms with van der Waals surface area (Å²) in [7, 11) is 0. The summed E-state index contributed by atoms with van der Waals surface area (Å²) in [4.78, 5) is 0. The lowest BCUT2D eigenvalue weighted by atomic mass is 9.98. The Hall–Kier alpha value is -0.900. The van der Waals surface area contributed by atoms with Crippen molar-refractivity contribution in [1.82, 2.24) is 0 Å². The van der Waals surface area contributed by atoms with Crippen LogP contribution in [0.5, 0.6) is 0 Å². The summed E-state index contributed by atoms with van der Waals surface area (Å²) >= 11 is 9.46. The highest BCUT2D eigenvalue weighted by Crippen LogP contribution is 2.26. The second-order valence-corrected chi connectivity index (χ2v) is 5.90. The van der Waals surface area contributed by atoms with Gasteiger partial charge in [0.1, 0.15) is 5.82 Å². The molecular formula is C15H14BrClFN. The third-order valence-corrected chi connectivity index (χ3v) is 3.79. The van der Waals surface area contributed by atoms with Gasteiger partial charge in [-0.3, -0.25) is 0 Å². The van der Waals surface area contributed by atoms with Crippen molar-refractivity contribution in [2.45, 2.75) is 19.4 Å². The van der Waals surface area contributed by atoms with Crippen molar-refractivity contribution in [2.75, 3.05) is 0 Å². The summed E-state index contributed by atoms with van der Waals surface area (Å²) in [5, 5.41) is 0.419. The van der Waals surface area contributed by atoms with E-state index in [2.05, 4.69) is 15.9 Å². The normalized spacial score (nSPS) is 12.5. The van der Waals surface area contributed by atoms with Gasteiger partial charge in [-0.25, -0.2) is 4.39 Å². The molecule has 2 rings (SSSR count). The zero-order valence-electron chi connectivity index (χ0n) is 10.5. The molecule has 100 valence electrons. The molecular weight excluding hydrogens is 329 g/mol. The molecule has 2 N–H and O–H groups in total. The second kappa shape index (κ2) is 6.04. The van der Waals surface area contributed by atoms with E-state index in [1.807, 2.05) is 25.1 Å². The van der Waals surface area contributed by atoms with Crippen LogP contribution in [0.15, 0.2) is 40.9 Å². The number of benzene rings is 2. The van der Waals surface area contributed by atoms with Crippen LogP contribution in [-0.4, -0.2) is 0 Å². The van der Waals surface area contributed by atoms with Crippen LogP contribution in [0.3, 0.4) is 0 Å². The number of aryl methyl sites for hydroxylation is 1. The van der Waals surface area contributed by atoms with Crippen molar-refractivity contribution in [3.63, 3.8) is 0 Å². The van der Waals surface area contributed by atoms with E-state index in [9.17, 15) is 4.39 Å². The summed E-state index contributed by atoms with van der Waals surface area (Å²) in [5.74, 6) is -0.310. The molecule has 1 nitrogen and oxygen atoms in total. The Balaban J connectivity index is 2.28. The monoisotopic (exact) mass is 341 g/mol. The quantitative estimate of drug-likeness (QED) is 0.852. The first-order chi connectivity index (χ1) is 8.97. The van der Waals surface area contributed by atoms with E-state index in [1.165, 1.54) is 6.07 Å². The Labute approximate surface area is 125 Å². The zero-order chi connectivity index (χ0) is 14.0. The second-order valence-electron chi connectivity index (χ2n) is 4.57. The van der Waals surface area contributed by atoms with Crippen LogP contribution in [0.1, 0.15) is 22.7 Å². The lowest BCUT2D eigenvalue weighted by Crippen LogP contribution is -2.14. The summed E-state index contributed by atoms with van der Waals surface area (Å²) < 4.78 is 14.7. The van der Waals surface area contributed by atoms with Crippen LogP contribution in [-0.2, 0) is 6.42 Å². The molecule has 0 amide bonds. The van der Waals surface area contributed by atoms with Crippen LogP contribution in [0, 0.1) is 12.7 Å². The van der Waals surface area contributed by atoms with Crippen LogP contribution in [0.2, 0.25) is 5.02 Å². The summed E-state index contributed by atoms with van der Waals surface area (Å²) in [6, 6.07) is 10.4. The van der Waals surface area contributed by atoms with E-state index < -0.39 is 0 Å². The van der Waals surface area contributed by atoms with Crippen molar-refractivity contribution in [1.29, 1.82) is 0 Å². The molecule has 0 aliphatic carbocycles. The van der Waals surface area contributed by atoms with E-state index in [0.29, 0.717) is 17.0 Å². The van der Waals surface area contributed by atoms with E-state index >= 15 is 0 Å². The van der Waals surface area contributed by atoms with Gasteiger partial charge in [0.05, 0.1) is 0 Å². The molecule has 0 aliphatic heterocycles. The van der Waals surface area contributed by atoms with Gasteiger partial charge in [0, 0.05) is 21.1 Å². The molecule has 0 radical (unpaired) electrons. The van der Waals surface area contributed by atoms with Crippen molar-refractivity contribution in [3.05, 3.63) is 68.4 Å². The van der Waals surface area contributed by atoms with Gasteiger partial charge in [-0.15, -0.1) is 0 Å². The fourth-order valence-corrected chi connectivity index (χ4v) is 2.91. The molecule has 0 aromatic heterocycles. The standard InChI is InChI=1S/C15H14BrClFN/c1-9-5-10(7-11(16)6-9)15(19)8-12-13(17)3-2-4-14(12)18/h2-7,15H,8,19H2,1H3. The maximum atomic E-state index is 13.7. The number of nitrogens with two attached hydrogens (primary N) is 1. The fraction of sp³-hybridized carbons (Fsp3) is 0.200. The zero-order valence-corrected chi connectivity index (χ0v) is 12.8. The molecule has 0 saturated heterocycles. The average molecular weight is 343 g/mol. The molecule has 0 aliphatic rings. The maximum Gasteiger partial charge on any atom is 0.127 e. The highest BCUT2D eigenvalue weighted by atomic mass is 79.9. The van der Waals surface area contributed by atoms with E-state index in [0.717, 1.165) is 15.6 Å². The minimum absolute atomic E-state index is 0.286. The predicted molar refractivity (Wildman–Crippen MR) is 80.9 cm³/mol. The van der Waals surface area contributed by atoms with Gasteiger partial charge < -0.3 is 5.73 Å². The largest absolute Gasteiger partial charge is 0.324 e. The average Bonchev–Trinajstić information content (AvgIpc) is 2.32. The molecule has 0 spiro atoms. The van der Waals surface area contributed by atoms with Crippen LogP contribution in [0.4, 0.5) is 4.39 Å². The number of halogens is 3. The van der Waals surface area contributed by atoms with Gasteiger partial charge in [-0.1, -0.05) is 39.7 Å². The molecule has 2 aromatic carbocycles.